The third-order valence-corrected chi connectivity index (χ3v) is 4.44. The summed E-state index contributed by atoms with van der Waals surface area (Å²) in [5.74, 6) is 0.221. The molecule has 1 amide bonds. The van der Waals surface area contributed by atoms with E-state index in [1.165, 1.54) is 0 Å². The van der Waals surface area contributed by atoms with Gasteiger partial charge in [-0.1, -0.05) is 18.6 Å². The summed E-state index contributed by atoms with van der Waals surface area (Å²) in [6, 6.07) is 7.63. The van der Waals surface area contributed by atoms with Crippen LogP contribution in [0.25, 0.3) is 0 Å². The van der Waals surface area contributed by atoms with Gasteiger partial charge in [0, 0.05) is 18.0 Å². The largest absolute Gasteiger partial charge is 0.466 e. The maximum atomic E-state index is 12.3. The molecule has 0 heterocycles. The van der Waals surface area contributed by atoms with Crippen molar-refractivity contribution in [1.29, 1.82) is 0 Å². The molecule has 2 rings (SSSR count). The van der Waals surface area contributed by atoms with E-state index in [0.717, 1.165) is 30.5 Å². The van der Waals surface area contributed by atoms with E-state index in [1.807, 2.05) is 24.3 Å². The highest BCUT2D eigenvalue weighted by atomic mass is 35.5. The van der Waals surface area contributed by atoms with E-state index in [1.54, 1.807) is 6.92 Å². The second-order valence-electron chi connectivity index (χ2n) is 6.02. The summed E-state index contributed by atoms with van der Waals surface area (Å²) in [5, 5.41) is 2.97. The first-order valence-corrected chi connectivity index (χ1v) is 8.39. The molecule has 0 unspecified atom stereocenters. The number of benzene rings is 1. The number of hydrogen-bond donors (Lipinski definition) is 2. The number of aryl methyl sites for hydroxylation is 1. The Labute approximate surface area is 149 Å². The summed E-state index contributed by atoms with van der Waals surface area (Å²) in [5.41, 5.74) is 7.58. The van der Waals surface area contributed by atoms with Crippen LogP contribution in [0.5, 0.6) is 0 Å². The number of hydrogen-bond acceptors (Lipinski definition) is 4. The standard InChI is InChI=1S/C18H26N2O3.ClH/c1-2-23-17(21)11-8-13-6-9-15(10-7-13)20-18(22)16-5-3-4-14(16)12-19;/h6-7,9-10,14,16H,2-5,8,11-12,19H2,1H3,(H,20,22);1H/t14-,16-;/m1./s1. The minimum atomic E-state index is -0.182. The summed E-state index contributed by atoms with van der Waals surface area (Å²) in [7, 11) is 0. The van der Waals surface area contributed by atoms with E-state index < -0.39 is 0 Å². The van der Waals surface area contributed by atoms with Crippen LogP contribution in [-0.2, 0) is 20.7 Å². The number of nitrogens with two attached hydrogens (primary N) is 1. The molecule has 5 nitrogen and oxygen atoms in total. The minimum absolute atomic E-state index is 0. The van der Waals surface area contributed by atoms with Gasteiger partial charge in [0.2, 0.25) is 5.91 Å². The highest BCUT2D eigenvalue weighted by Gasteiger charge is 2.31. The Kier molecular flexibility index (Phi) is 8.79. The van der Waals surface area contributed by atoms with Crippen LogP contribution in [0, 0.1) is 11.8 Å². The molecular weight excluding hydrogens is 328 g/mol. The number of halogens is 1. The molecule has 134 valence electrons. The van der Waals surface area contributed by atoms with Crippen molar-refractivity contribution >= 4 is 30.0 Å². The van der Waals surface area contributed by atoms with Crippen LogP contribution < -0.4 is 11.1 Å². The molecule has 0 bridgehead atoms. The molecule has 1 saturated carbocycles. The first kappa shape index (κ1) is 20.5. The fourth-order valence-electron chi connectivity index (χ4n) is 3.13. The van der Waals surface area contributed by atoms with E-state index in [0.29, 0.717) is 31.9 Å². The van der Waals surface area contributed by atoms with Crippen molar-refractivity contribution in [3.8, 4) is 0 Å². The predicted molar refractivity (Wildman–Crippen MR) is 97.2 cm³/mol. The van der Waals surface area contributed by atoms with Gasteiger partial charge >= 0.3 is 5.97 Å². The molecule has 6 heteroatoms. The first-order valence-electron chi connectivity index (χ1n) is 8.39. The van der Waals surface area contributed by atoms with Gasteiger partial charge in [-0.05, 0) is 56.3 Å². The van der Waals surface area contributed by atoms with Gasteiger partial charge < -0.3 is 15.8 Å². The van der Waals surface area contributed by atoms with Gasteiger partial charge in [0.05, 0.1) is 6.61 Å². The molecule has 2 atom stereocenters. The lowest BCUT2D eigenvalue weighted by Gasteiger charge is -2.17. The van der Waals surface area contributed by atoms with Crippen LogP contribution in [0.15, 0.2) is 24.3 Å². The molecule has 1 aliphatic carbocycles. The number of esters is 1. The molecule has 0 radical (unpaired) electrons. The fourth-order valence-corrected chi connectivity index (χ4v) is 3.13. The number of carbonyl (C=O) groups excluding carboxylic acids is 2. The van der Waals surface area contributed by atoms with Gasteiger partial charge in [-0.15, -0.1) is 12.4 Å². The van der Waals surface area contributed by atoms with Crippen molar-refractivity contribution in [2.75, 3.05) is 18.5 Å². The van der Waals surface area contributed by atoms with E-state index >= 15 is 0 Å². The Bertz CT molecular complexity index is 534. The summed E-state index contributed by atoms with van der Waals surface area (Å²) in [6.07, 6.45) is 4.06. The van der Waals surface area contributed by atoms with Gasteiger partial charge in [-0.3, -0.25) is 9.59 Å². The monoisotopic (exact) mass is 354 g/mol. The van der Waals surface area contributed by atoms with Gasteiger partial charge in [-0.25, -0.2) is 0 Å². The van der Waals surface area contributed by atoms with E-state index in [9.17, 15) is 9.59 Å². The van der Waals surface area contributed by atoms with Crippen molar-refractivity contribution in [3.63, 3.8) is 0 Å². The number of anilines is 1. The molecule has 0 saturated heterocycles. The second-order valence-corrected chi connectivity index (χ2v) is 6.02. The van der Waals surface area contributed by atoms with Gasteiger partial charge in [0.1, 0.15) is 0 Å². The van der Waals surface area contributed by atoms with Crippen LogP contribution >= 0.6 is 12.4 Å². The second kappa shape index (κ2) is 10.3. The van der Waals surface area contributed by atoms with Crippen molar-refractivity contribution in [2.45, 2.75) is 39.0 Å². The van der Waals surface area contributed by atoms with Crippen molar-refractivity contribution < 1.29 is 14.3 Å². The fraction of sp³-hybridized carbons (Fsp3) is 0.556. The Morgan fingerprint density at radius 2 is 1.96 bits per heavy atom. The number of carbonyl (C=O) groups is 2. The zero-order chi connectivity index (χ0) is 16.7. The third kappa shape index (κ3) is 5.80. The molecular formula is C18H27ClN2O3. The Morgan fingerprint density at radius 1 is 1.25 bits per heavy atom. The van der Waals surface area contributed by atoms with Crippen molar-refractivity contribution in [2.24, 2.45) is 17.6 Å². The quantitative estimate of drug-likeness (QED) is 0.737. The van der Waals surface area contributed by atoms with Crippen LogP contribution in [0.3, 0.4) is 0 Å². The van der Waals surface area contributed by atoms with Crippen LogP contribution in [-0.4, -0.2) is 25.0 Å². The highest BCUT2D eigenvalue weighted by Crippen LogP contribution is 2.31. The molecule has 24 heavy (non-hydrogen) atoms. The minimum Gasteiger partial charge on any atom is -0.466 e. The maximum Gasteiger partial charge on any atom is 0.306 e. The summed E-state index contributed by atoms with van der Waals surface area (Å²) >= 11 is 0. The number of rotatable bonds is 7. The van der Waals surface area contributed by atoms with Crippen molar-refractivity contribution in [3.05, 3.63) is 29.8 Å². The summed E-state index contributed by atoms with van der Waals surface area (Å²) in [6.45, 7) is 2.79. The van der Waals surface area contributed by atoms with Crippen LogP contribution in [0.2, 0.25) is 0 Å². The predicted octanol–water partition coefficient (Wildman–Crippen LogP) is 2.92. The van der Waals surface area contributed by atoms with Gasteiger partial charge in [-0.2, -0.15) is 0 Å². The molecule has 1 aliphatic rings. The summed E-state index contributed by atoms with van der Waals surface area (Å²) in [4.78, 5) is 23.7. The zero-order valence-corrected chi connectivity index (χ0v) is 14.9. The van der Waals surface area contributed by atoms with Crippen molar-refractivity contribution in [1.82, 2.24) is 0 Å². The molecule has 3 N–H and O–H groups in total. The normalized spacial score (nSPS) is 19.4. The topological polar surface area (TPSA) is 81.4 Å². The van der Waals surface area contributed by atoms with Crippen LogP contribution in [0.4, 0.5) is 5.69 Å². The van der Waals surface area contributed by atoms with E-state index in [2.05, 4.69) is 5.32 Å². The number of amides is 1. The summed E-state index contributed by atoms with van der Waals surface area (Å²) < 4.78 is 4.91. The molecule has 0 aromatic heterocycles. The molecule has 0 spiro atoms. The SMILES string of the molecule is CCOC(=O)CCc1ccc(NC(=O)[C@@H]2CCC[C@@H]2CN)cc1.Cl. The molecule has 0 aliphatic heterocycles. The van der Waals surface area contributed by atoms with E-state index in [4.69, 9.17) is 10.5 Å². The van der Waals surface area contributed by atoms with Crippen LogP contribution in [0.1, 0.15) is 38.2 Å². The molecule has 1 aromatic carbocycles. The maximum absolute atomic E-state index is 12.3. The smallest absolute Gasteiger partial charge is 0.306 e. The lowest BCUT2D eigenvalue weighted by molar-refractivity contribution is -0.143. The highest BCUT2D eigenvalue weighted by molar-refractivity contribution is 5.92. The molecule has 1 fully saturated rings. The molecule has 1 aromatic rings. The zero-order valence-electron chi connectivity index (χ0n) is 14.1. The first-order chi connectivity index (χ1) is 11.1. The third-order valence-electron chi connectivity index (χ3n) is 4.44. The Hall–Kier alpha value is -1.59. The number of nitrogens with one attached hydrogen (secondary N) is 1. The lowest BCUT2D eigenvalue weighted by atomic mass is 9.95. The average molecular weight is 355 g/mol. The average Bonchev–Trinajstić information content (AvgIpc) is 3.03. The number of ether oxygens (including phenoxy) is 1. The van der Waals surface area contributed by atoms with Gasteiger partial charge in [0.25, 0.3) is 0 Å². The Balaban J connectivity index is 0.00000288. The Morgan fingerprint density at radius 3 is 2.58 bits per heavy atom. The van der Waals surface area contributed by atoms with Gasteiger partial charge in [0.15, 0.2) is 0 Å². The van der Waals surface area contributed by atoms with E-state index in [-0.39, 0.29) is 30.2 Å². The lowest BCUT2D eigenvalue weighted by Crippen LogP contribution is -2.29.